The Morgan fingerprint density at radius 3 is 1.83 bits per heavy atom. The molecule has 0 heterocycles. The van der Waals surface area contributed by atoms with Crippen molar-refractivity contribution in [1.29, 1.82) is 0 Å². The summed E-state index contributed by atoms with van der Waals surface area (Å²) in [5.74, 6) is -0.240. The van der Waals surface area contributed by atoms with E-state index in [9.17, 15) is 8.78 Å². The summed E-state index contributed by atoms with van der Waals surface area (Å²) in [5.41, 5.74) is 3.63. The number of hydrogen-bond donors (Lipinski definition) is 0. The molecule has 0 fully saturated rings. The van der Waals surface area contributed by atoms with Gasteiger partial charge in [0.25, 0.3) is 0 Å². The zero-order chi connectivity index (χ0) is 16.8. The van der Waals surface area contributed by atoms with Gasteiger partial charge in [0.2, 0.25) is 0 Å². The van der Waals surface area contributed by atoms with Crippen molar-refractivity contribution in [3.05, 3.63) is 107 Å². The first-order chi connectivity index (χ1) is 11.7. The highest BCUT2D eigenvalue weighted by atomic mass is 19.1. The zero-order valence-corrected chi connectivity index (χ0v) is 13.2. The van der Waals surface area contributed by atoms with Crippen molar-refractivity contribution < 1.29 is 8.78 Å². The maximum absolute atomic E-state index is 14.3. The molecular weight excluding hydrogens is 302 g/mol. The predicted octanol–water partition coefficient (Wildman–Crippen LogP) is 6.25. The normalized spacial score (nSPS) is 12.4. The van der Waals surface area contributed by atoms with E-state index in [0.29, 0.717) is 12.0 Å². The molecule has 0 N–H and O–H groups in total. The molecule has 3 aromatic rings. The maximum Gasteiger partial charge on any atom is 0.129 e. The van der Waals surface area contributed by atoms with Crippen LogP contribution in [0.4, 0.5) is 8.78 Å². The molecule has 0 radical (unpaired) electrons. The summed E-state index contributed by atoms with van der Waals surface area (Å²) in [6, 6.07) is 23.4. The Morgan fingerprint density at radius 1 is 0.708 bits per heavy atom. The molecule has 3 aromatic carbocycles. The molecule has 0 nitrogen and oxygen atoms in total. The smallest absolute Gasteiger partial charge is 0.129 e. The van der Waals surface area contributed by atoms with E-state index in [1.807, 2.05) is 66.7 Å². The molecule has 0 aliphatic rings. The van der Waals surface area contributed by atoms with E-state index in [1.165, 1.54) is 12.1 Å². The first-order valence-corrected chi connectivity index (χ1v) is 7.92. The van der Waals surface area contributed by atoms with Gasteiger partial charge in [-0.05, 0) is 34.4 Å². The number of hydrogen-bond acceptors (Lipinski definition) is 0. The van der Waals surface area contributed by atoms with Crippen LogP contribution in [-0.2, 0) is 6.42 Å². The summed E-state index contributed by atoms with van der Waals surface area (Å²) in [6.07, 6.45) is 3.26. The Bertz CT molecular complexity index is 788. The fourth-order valence-electron chi connectivity index (χ4n) is 2.52. The van der Waals surface area contributed by atoms with Gasteiger partial charge in [0.15, 0.2) is 0 Å². The van der Waals surface area contributed by atoms with E-state index in [-0.39, 0.29) is 5.82 Å². The minimum absolute atomic E-state index is 0.240. The topological polar surface area (TPSA) is 0 Å². The highest BCUT2D eigenvalue weighted by molar-refractivity contribution is 5.69. The highest BCUT2D eigenvalue weighted by Gasteiger charge is 2.09. The van der Waals surface area contributed by atoms with Gasteiger partial charge in [0.05, 0.1) is 0 Å². The minimum atomic E-state index is -0.994. The van der Waals surface area contributed by atoms with Gasteiger partial charge in [-0.1, -0.05) is 78.9 Å². The summed E-state index contributed by atoms with van der Waals surface area (Å²) in [4.78, 5) is 0. The van der Waals surface area contributed by atoms with Crippen molar-refractivity contribution in [1.82, 2.24) is 0 Å². The molecule has 0 saturated heterocycles. The van der Waals surface area contributed by atoms with E-state index in [1.54, 1.807) is 12.1 Å². The molecule has 0 bridgehead atoms. The summed E-state index contributed by atoms with van der Waals surface area (Å²) < 4.78 is 27.1. The second kappa shape index (κ2) is 7.69. The van der Waals surface area contributed by atoms with Crippen LogP contribution in [-0.4, -0.2) is 0 Å². The summed E-state index contributed by atoms with van der Waals surface area (Å²) in [7, 11) is 0. The van der Waals surface area contributed by atoms with E-state index in [2.05, 4.69) is 0 Å². The van der Waals surface area contributed by atoms with Crippen LogP contribution in [0.1, 0.15) is 28.4 Å². The van der Waals surface area contributed by atoms with Crippen LogP contribution in [0.2, 0.25) is 0 Å². The highest BCUT2D eigenvalue weighted by Crippen LogP contribution is 2.22. The number of halogens is 2. The van der Waals surface area contributed by atoms with Crippen LogP contribution >= 0.6 is 0 Å². The summed E-state index contributed by atoms with van der Waals surface area (Å²) >= 11 is 0. The Labute approximate surface area is 141 Å². The average Bonchev–Trinajstić information content (AvgIpc) is 2.63. The molecule has 0 aliphatic carbocycles. The molecule has 0 unspecified atom stereocenters. The van der Waals surface area contributed by atoms with Gasteiger partial charge in [0, 0.05) is 6.42 Å². The van der Waals surface area contributed by atoms with Gasteiger partial charge in [-0.2, -0.15) is 0 Å². The monoisotopic (exact) mass is 320 g/mol. The molecular formula is C22H18F2. The van der Waals surface area contributed by atoms with Crippen molar-refractivity contribution in [2.24, 2.45) is 0 Å². The Hall–Kier alpha value is -2.74. The molecule has 0 aromatic heterocycles. The maximum atomic E-state index is 14.3. The van der Waals surface area contributed by atoms with Gasteiger partial charge < -0.3 is 0 Å². The molecule has 2 heteroatoms. The van der Waals surface area contributed by atoms with Crippen LogP contribution in [0.15, 0.2) is 78.9 Å². The van der Waals surface area contributed by atoms with Crippen LogP contribution in [0.5, 0.6) is 0 Å². The SMILES string of the molecule is Fc1ccc(C=Cc2ccc(C[C@H](F)c3ccccc3)cc2)cc1. The van der Waals surface area contributed by atoms with Crippen LogP contribution in [0.3, 0.4) is 0 Å². The van der Waals surface area contributed by atoms with Gasteiger partial charge in [-0.25, -0.2) is 8.78 Å². The summed E-state index contributed by atoms with van der Waals surface area (Å²) in [5, 5.41) is 0. The lowest BCUT2D eigenvalue weighted by molar-refractivity contribution is 0.342. The van der Waals surface area contributed by atoms with Gasteiger partial charge in [0.1, 0.15) is 12.0 Å². The van der Waals surface area contributed by atoms with Crippen molar-refractivity contribution in [3.63, 3.8) is 0 Å². The third kappa shape index (κ3) is 4.39. The molecule has 120 valence electrons. The molecule has 0 saturated carbocycles. The molecule has 1 atom stereocenters. The fourth-order valence-corrected chi connectivity index (χ4v) is 2.52. The quantitative estimate of drug-likeness (QED) is 0.487. The number of benzene rings is 3. The van der Waals surface area contributed by atoms with Crippen LogP contribution in [0, 0.1) is 5.82 Å². The lowest BCUT2D eigenvalue weighted by atomic mass is 10.0. The van der Waals surface area contributed by atoms with E-state index < -0.39 is 6.17 Å². The largest absolute Gasteiger partial charge is 0.242 e. The minimum Gasteiger partial charge on any atom is -0.242 e. The van der Waals surface area contributed by atoms with Crippen LogP contribution < -0.4 is 0 Å². The van der Waals surface area contributed by atoms with Gasteiger partial charge >= 0.3 is 0 Å². The Balaban J connectivity index is 1.64. The van der Waals surface area contributed by atoms with Gasteiger partial charge in [-0.3, -0.25) is 0 Å². The zero-order valence-electron chi connectivity index (χ0n) is 13.2. The lowest BCUT2D eigenvalue weighted by Gasteiger charge is -2.08. The van der Waals surface area contributed by atoms with Gasteiger partial charge in [-0.15, -0.1) is 0 Å². The number of alkyl halides is 1. The first kappa shape index (κ1) is 16.1. The molecule has 0 spiro atoms. The fraction of sp³-hybridized carbons (Fsp3) is 0.0909. The third-order valence-electron chi connectivity index (χ3n) is 3.89. The molecule has 0 amide bonds. The van der Waals surface area contributed by atoms with E-state index in [4.69, 9.17) is 0 Å². The molecule has 0 aliphatic heterocycles. The van der Waals surface area contributed by atoms with E-state index >= 15 is 0 Å². The number of rotatable bonds is 5. The first-order valence-electron chi connectivity index (χ1n) is 7.92. The van der Waals surface area contributed by atoms with Crippen LogP contribution in [0.25, 0.3) is 12.2 Å². The Morgan fingerprint density at radius 2 is 1.25 bits per heavy atom. The third-order valence-corrected chi connectivity index (χ3v) is 3.89. The van der Waals surface area contributed by atoms with Crippen molar-refractivity contribution in [3.8, 4) is 0 Å². The Kier molecular flexibility index (Phi) is 5.17. The molecule has 24 heavy (non-hydrogen) atoms. The lowest BCUT2D eigenvalue weighted by Crippen LogP contribution is -1.96. The second-order valence-corrected chi connectivity index (χ2v) is 5.71. The predicted molar refractivity (Wildman–Crippen MR) is 95.8 cm³/mol. The van der Waals surface area contributed by atoms with Crippen molar-refractivity contribution in [2.75, 3.05) is 0 Å². The van der Waals surface area contributed by atoms with E-state index in [0.717, 1.165) is 16.7 Å². The van der Waals surface area contributed by atoms with Crippen molar-refractivity contribution in [2.45, 2.75) is 12.6 Å². The van der Waals surface area contributed by atoms with Crippen molar-refractivity contribution >= 4 is 12.2 Å². The average molecular weight is 320 g/mol. The standard InChI is InChI=1S/C22H18F2/c23-21-14-12-18(13-15-21)7-6-17-8-10-19(11-9-17)16-22(24)20-4-2-1-3-5-20/h1-15,22H,16H2/t22-/m0/s1. The second-order valence-electron chi connectivity index (χ2n) is 5.71. The molecule has 3 rings (SSSR count). The summed E-state index contributed by atoms with van der Waals surface area (Å²) in [6.45, 7) is 0.